The minimum Gasteiger partial charge on any atom is -0.452 e. The molecule has 1 unspecified atom stereocenters. The Morgan fingerprint density at radius 3 is 2.34 bits per heavy atom. The molecular formula is C35H61NO8. The average molecular weight is 624 g/mol. The molecule has 1 rings (SSSR count). The largest absolute Gasteiger partial charge is 0.452 e. The van der Waals surface area contributed by atoms with Crippen molar-refractivity contribution in [1.29, 1.82) is 0 Å². The molecule has 0 saturated carbocycles. The van der Waals surface area contributed by atoms with Gasteiger partial charge < -0.3 is 30.1 Å². The molecule has 9 heteroatoms. The molecule has 9 nitrogen and oxygen atoms in total. The lowest BCUT2D eigenvalue weighted by Gasteiger charge is -2.23. The molecule has 44 heavy (non-hydrogen) atoms. The van der Waals surface area contributed by atoms with Gasteiger partial charge in [0.1, 0.15) is 5.78 Å². The van der Waals surface area contributed by atoms with Crippen LogP contribution in [0.3, 0.4) is 0 Å². The van der Waals surface area contributed by atoms with Crippen LogP contribution in [-0.4, -0.2) is 77.7 Å². The van der Waals surface area contributed by atoms with E-state index in [1.165, 1.54) is 0 Å². The SMILES string of the molecule is CCC[C@@H]1OC(=O)[C@@H](C)CC(C)CCCCC(=O)CCC[C@@H](CC)/C=C/C=C(\COC)CC[C@@H](O)[C@@H](O)C[C@H](O)CNC1=O. The van der Waals surface area contributed by atoms with Crippen molar-refractivity contribution in [1.82, 2.24) is 5.32 Å². The Bertz CT molecular complexity index is 888. The fraction of sp³-hybridized carbons (Fsp3) is 0.800. The lowest BCUT2D eigenvalue weighted by Crippen LogP contribution is -2.43. The van der Waals surface area contributed by atoms with Gasteiger partial charge in [0.05, 0.1) is 30.8 Å². The van der Waals surface area contributed by atoms with Crippen LogP contribution in [0.15, 0.2) is 23.8 Å². The van der Waals surface area contributed by atoms with Crippen LogP contribution in [0, 0.1) is 17.8 Å². The van der Waals surface area contributed by atoms with E-state index in [1.54, 1.807) is 7.11 Å². The highest BCUT2D eigenvalue weighted by Gasteiger charge is 2.27. The number of esters is 1. The van der Waals surface area contributed by atoms with Crippen molar-refractivity contribution in [2.75, 3.05) is 20.3 Å². The maximum atomic E-state index is 12.8. The number of amides is 1. The van der Waals surface area contributed by atoms with E-state index in [0.29, 0.717) is 56.8 Å². The van der Waals surface area contributed by atoms with Crippen LogP contribution < -0.4 is 5.32 Å². The quantitative estimate of drug-likeness (QED) is 0.306. The summed E-state index contributed by atoms with van der Waals surface area (Å²) in [5.74, 6) is -0.318. The number of nitrogens with one attached hydrogen (secondary N) is 1. The van der Waals surface area contributed by atoms with Gasteiger partial charge in [0.2, 0.25) is 0 Å². The zero-order valence-electron chi connectivity index (χ0n) is 28.0. The predicted molar refractivity (Wildman–Crippen MR) is 173 cm³/mol. The van der Waals surface area contributed by atoms with E-state index in [2.05, 4.69) is 25.2 Å². The first-order chi connectivity index (χ1) is 21.0. The van der Waals surface area contributed by atoms with E-state index >= 15 is 0 Å². The summed E-state index contributed by atoms with van der Waals surface area (Å²) in [6.45, 7) is 8.21. The Labute approximate surface area is 265 Å². The monoisotopic (exact) mass is 623 g/mol. The number of allylic oxidation sites excluding steroid dienone is 3. The van der Waals surface area contributed by atoms with Gasteiger partial charge in [-0.15, -0.1) is 0 Å². The van der Waals surface area contributed by atoms with Crippen molar-refractivity contribution >= 4 is 17.7 Å². The molecule has 0 bridgehead atoms. The number of carbonyl (C=O) groups is 3. The van der Waals surface area contributed by atoms with Gasteiger partial charge in [0, 0.05) is 32.9 Å². The van der Waals surface area contributed by atoms with Crippen LogP contribution in [-0.2, 0) is 23.9 Å². The molecule has 0 aromatic heterocycles. The zero-order chi connectivity index (χ0) is 32.9. The van der Waals surface area contributed by atoms with Crippen LogP contribution in [0.5, 0.6) is 0 Å². The summed E-state index contributed by atoms with van der Waals surface area (Å²) in [5.41, 5.74) is 0.973. The minimum atomic E-state index is -1.17. The molecule has 0 aromatic rings. The second kappa shape index (κ2) is 23.3. The highest BCUT2D eigenvalue weighted by Crippen LogP contribution is 2.22. The molecule has 0 radical (unpaired) electrons. The van der Waals surface area contributed by atoms with Crippen LogP contribution in [0.25, 0.3) is 0 Å². The number of ether oxygens (including phenoxy) is 2. The van der Waals surface area contributed by atoms with E-state index in [4.69, 9.17) is 9.47 Å². The average Bonchev–Trinajstić information content (AvgIpc) is 2.98. The number of rotatable bonds is 5. The molecule has 0 saturated heterocycles. The van der Waals surface area contributed by atoms with Crippen molar-refractivity contribution < 1.29 is 39.2 Å². The van der Waals surface area contributed by atoms with Gasteiger partial charge in [0.25, 0.3) is 5.91 Å². The maximum Gasteiger partial charge on any atom is 0.309 e. The Hall–Kier alpha value is -2.07. The van der Waals surface area contributed by atoms with Crippen LogP contribution in [0.1, 0.15) is 118 Å². The topological polar surface area (TPSA) is 142 Å². The van der Waals surface area contributed by atoms with Crippen molar-refractivity contribution in [3.63, 3.8) is 0 Å². The number of hydrogen-bond donors (Lipinski definition) is 4. The molecule has 0 aromatic carbocycles. The molecule has 7 atom stereocenters. The van der Waals surface area contributed by atoms with Gasteiger partial charge in [-0.25, -0.2) is 0 Å². The van der Waals surface area contributed by atoms with Gasteiger partial charge in [-0.2, -0.15) is 0 Å². The summed E-state index contributed by atoms with van der Waals surface area (Å²) >= 11 is 0. The number of ketones is 1. The maximum absolute atomic E-state index is 12.8. The highest BCUT2D eigenvalue weighted by atomic mass is 16.5. The van der Waals surface area contributed by atoms with Crippen LogP contribution >= 0.6 is 0 Å². The summed E-state index contributed by atoms with van der Waals surface area (Å²) in [5, 5.41) is 34.1. The fourth-order valence-electron chi connectivity index (χ4n) is 5.63. The van der Waals surface area contributed by atoms with E-state index in [0.717, 1.165) is 44.1 Å². The molecule has 254 valence electrons. The number of methoxy groups -OCH3 is 1. The first kappa shape index (κ1) is 40.0. The first-order valence-corrected chi connectivity index (χ1v) is 16.9. The third kappa shape index (κ3) is 17.4. The molecule has 0 aliphatic carbocycles. The molecule has 1 aliphatic heterocycles. The Morgan fingerprint density at radius 2 is 1.66 bits per heavy atom. The van der Waals surface area contributed by atoms with E-state index in [-0.39, 0.29) is 31.2 Å². The van der Waals surface area contributed by atoms with E-state index in [1.807, 2.05) is 26.0 Å². The number of β-amino-alcohol motifs (C(OH)–C–C–N with tert-alkyl or cyclic N) is 1. The molecule has 4 N–H and O–H groups in total. The Balaban J connectivity index is 2.96. The fourth-order valence-corrected chi connectivity index (χ4v) is 5.63. The number of aliphatic hydroxyl groups is 3. The van der Waals surface area contributed by atoms with Crippen molar-refractivity contribution in [2.45, 2.75) is 142 Å². The van der Waals surface area contributed by atoms with Crippen LogP contribution in [0.2, 0.25) is 0 Å². The molecule has 0 spiro atoms. The third-order valence-corrected chi connectivity index (χ3v) is 8.49. The molecule has 1 aliphatic rings. The second-order valence-corrected chi connectivity index (χ2v) is 12.8. The lowest BCUT2D eigenvalue weighted by molar-refractivity contribution is -0.160. The van der Waals surface area contributed by atoms with Gasteiger partial charge in [-0.1, -0.05) is 65.2 Å². The van der Waals surface area contributed by atoms with Crippen molar-refractivity contribution in [3.05, 3.63) is 23.8 Å². The Morgan fingerprint density at radius 1 is 0.932 bits per heavy atom. The van der Waals surface area contributed by atoms with Crippen LogP contribution in [0.4, 0.5) is 0 Å². The van der Waals surface area contributed by atoms with Gasteiger partial charge in [-0.3, -0.25) is 14.4 Å². The first-order valence-electron chi connectivity index (χ1n) is 16.9. The lowest BCUT2D eigenvalue weighted by atomic mass is 9.92. The summed E-state index contributed by atoms with van der Waals surface area (Å²) in [7, 11) is 1.61. The molecule has 0 fully saturated rings. The van der Waals surface area contributed by atoms with E-state index in [9.17, 15) is 29.7 Å². The summed E-state index contributed by atoms with van der Waals surface area (Å²) in [6, 6.07) is 0. The summed E-state index contributed by atoms with van der Waals surface area (Å²) < 4.78 is 10.9. The zero-order valence-corrected chi connectivity index (χ0v) is 28.0. The second-order valence-electron chi connectivity index (χ2n) is 12.8. The van der Waals surface area contributed by atoms with E-state index < -0.39 is 36.3 Å². The van der Waals surface area contributed by atoms with Gasteiger partial charge in [0.15, 0.2) is 6.10 Å². The number of aliphatic hydroxyl groups excluding tert-OH is 3. The number of cyclic esters (lactones) is 1. The third-order valence-electron chi connectivity index (χ3n) is 8.49. The number of carbonyl (C=O) groups excluding carboxylic acids is 3. The van der Waals surface area contributed by atoms with Gasteiger partial charge in [-0.05, 0) is 68.8 Å². The molecule has 1 heterocycles. The highest BCUT2D eigenvalue weighted by molar-refractivity contribution is 5.84. The normalized spacial score (nSPS) is 32.8. The molecule has 1 amide bonds. The smallest absolute Gasteiger partial charge is 0.309 e. The number of hydrogen-bond acceptors (Lipinski definition) is 8. The Kier molecular flexibility index (Phi) is 21.2. The minimum absolute atomic E-state index is 0.113. The molecular weight excluding hydrogens is 562 g/mol. The summed E-state index contributed by atoms with van der Waals surface area (Å²) in [4.78, 5) is 38.1. The number of Topliss-reactive ketones (excluding diaryl/α,β-unsaturated/α-hetero) is 1. The van der Waals surface area contributed by atoms with Crippen molar-refractivity contribution in [2.24, 2.45) is 17.8 Å². The van der Waals surface area contributed by atoms with Crippen molar-refractivity contribution in [3.8, 4) is 0 Å². The summed E-state index contributed by atoms with van der Waals surface area (Å²) in [6.07, 6.45) is 10.9. The van der Waals surface area contributed by atoms with Gasteiger partial charge >= 0.3 is 5.97 Å². The predicted octanol–water partition coefficient (Wildman–Crippen LogP) is 5.20. The standard InChI is InChI=1S/C35H61NO8/c1-6-12-33-34(41)36-23-30(38)22-32(40)31(39)20-19-28(24-43-5)16-10-14-27(7-2)15-11-18-29(37)17-9-8-13-25(3)21-26(4)35(42)44-33/h10,14,16,25-27,30-33,38-40H,6-9,11-13,15,17-24H2,1-5H3,(H,36,41)/b14-10+,28-16-/t25?,26-,27-,30-,31+,32-,33-/m0/s1.